The van der Waals surface area contributed by atoms with Gasteiger partial charge in [0.15, 0.2) is 5.96 Å². The van der Waals surface area contributed by atoms with E-state index in [1.165, 1.54) is 0 Å². The number of carbonyl (C=O) groups is 1. The highest BCUT2D eigenvalue weighted by Crippen LogP contribution is 2.36. The molecule has 0 spiro atoms. The molecule has 0 fully saturated rings. The topological polar surface area (TPSA) is 114 Å². The number of hydrogen-bond donors (Lipinski definition) is 2. The van der Waals surface area contributed by atoms with E-state index in [4.69, 9.17) is 21.5 Å². The van der Waals surface area contributed by atoms with Gasteiger partial charge in [0.2, 0.25) is 0 Å². The van der Waals surface area contributed by atoms with Crippen LogP contribution in [0.4, 0.5) is 0 Å². The normalized spacial score (nSPS) is 14.8. The third-order valence-corrected chi connectivity index (χ3v) is 4.03. The molecule has 4 N–H and O–H groups in total. The number of aliphatic imine (C=N–C) groups is 1. The molecular formula is C22H24N4O2. The number of nitrogens with two attached hydrogens (primary N) is 2. The Bertz CT molecular complexity index is 940. The number of fused-ring (bicyclic) bond motifs is 1. The van der Waals surface area contributed by atoms with Gasteiger partial charge in [0, 0.05) is 23.1 Å². The molecule has 1 amide bonds. The standard InChI is InChI=1S/C20H18N4O2.C2H6/c21-12-13-3-1-4-14(7-6-13)16-5-2-10-26-18-9-8-15(11-17(16)18)19(25)24-20(22)23;1-2/h3-9,11H,1-2,10H2,(H4,22,23,24,25);1-2H3. The number of allylic oxidation sites excluding steroid dienone is 7. The molecule has 144 valence electrons. The van der Waals surface area contributed by atoms with E-state index in [-0.39, 0.29) is 5.96 Å². The highest BCUT2D eigenvalue weighted by atomic mass is 16.5. The molecule has 2 aliphatic rings. The van der Waals surface area contributed by atoms with Crippen LogP contribution in [-0.2, 0) is 0 Å². The molecule has 0 aromatic heterocycles. The Hall–Kier alpha value is -3.59. The van der Waals surface area contributed by atoms with Crippen molar-refractivity contribution < 1.29 is 9.53 Å². The Morgan fingerprint density at radius 2 is 1.96 bits per heavy atom. The lowest BCUT2D eigenvalue weighted by Crippen LogP contribution is -2.24. The number of hydrogen-bond acceptors (Lipinski definition) is 3. The van der Waals surface area contributed by atoms with Gasteiger partial charge >= 0.3 is 0 Å². The summed E-state index contributed by atoms with van der Waals surface area (Å²) in [5, 5.41) is 9.09. The molecule has 0 bridgehead atoms. The summed E-state index contributed by atoms with van der Waals surface area (Å²) in [6.45, 7) is 4.55. The van der Waals surface area contributed by atoms with Gasteiger partial charge in [-0.15, -0.1) is 0 Å². The van der Waals surface area contributed by atoms with Crippen molar-refractivity contribution >= 4 is 17.4 Å². The number of amides is 1. The monoisotopic (exact) mass is 376 g/mol. The third kappa shape index (κ3) is 4.98. The average Bonchev–Trinajstić information content (AvgIpc) is 3.06. The highest BCUT2D eigenvalue weighted by molar-refractivity contribution is 6.03. The summed E-state index contributed by atoms with van der Waals surface area (Å²) in [6, 6.07) is 7.29. The van der Waals surface area contributed by atoms with E-state index in [9.17, 15) is 4.79 Å². The average molecular weight is 376 g/mol. The van der Waals surface area contributed by atoms with E-state index >= 15 is 0 Å². The van der Waals surface area contributed by atoms with Crippen molar-refractivity contribution in [1.82, 2.24) is 0 Å². The van der Waals surface area contributed by atoms with Gasteiger partial charge in [0.25, 0.3) is 5.91 Å². The van der Waals surface area contributed by atoms with Crippen LogP contribution < -0.4 is 16.2 Å². The van der Waals surface area contributed by atoms with E-state index < -0.39 is 5.91 Å². The number of nitriles is 1. The molecule has 1 aromatic carbocycles. The van der Waals surface area contributed by atoms with Crippen molar-refractivity contribution in [2.24, 2.45) is 16.5 Å². The van der Waals surface area contributed by atoms with E-state index in [1.54, 1.807) is 24.3 Å². The molecule has 0 atom stereocenters. The Labute approximate surface area is 165 Å². The maximum absolute atomic E-state index is 12.2. The fourth-order valence-electron chi connectivity index (χ4n) is 2.85. The van der Waals surface area contributed by atoms with E-state index in [1.807, 2.05) is 32.1 Å². The summed E-state index contributed by atoms with van der Waals surface area (Å²) in [7, 11) is 0. The van der Waals surface area contributed by atoms with Crippen LogP contribution in [0.25, 0.3) is 5.57 Å². The van der Waals surface area contributed by atoms with Crippen LogP contribution in [0.2, 0.25) is 0 Å². The summed E-state index contributed by atoms with van der Waals surface area (Å²) in [6.07, 6.45) is 11.1. The zero-order chi connectivity index (χ0) is 20.5. The largest absolute Gasteiger partial charge is 0.493 e. The van der Waals surface area contributed by atoms with Crippen molar-refractivity contribution in [3.05, 3.63) is 70.9 Å². The predicted octanol–water partition coefficient (Wildman–Crippen LogP) is 3.63. The molecule has 0 saturated carbocycles. The molecule has 1 heterocycles. The van der Waals surface area contributed by atoms with Crippen molar-refractivity contribution in [3.63, 3.8) is 0 Å². The van der Waals surface area contributed by atoms with Gasteiger partial charge in [-0.25, -0.2) is 0 Å². The lowest BCUT2D eigenvalue weighted by molar-refractivity contribution is 0.100. The van der Waals surface area contributed by atoms with Crippen LogP contribution in [-0.4, -0.2) is 18.5 Å². The van der Waals surface area contributed by atoms with Crippen molar-refractivity contribution in [3.8, 4) is 11.8 Å². The quantitative estimate of drug-likeness (QED) is 0.604. The third-order valence-electron chi connectivity index (χ3n) is 4.03. The number of carbonyl (C=O) groups excluding carboxylic acids is 1. The first-order valence-electron chi connectivity index (χ1n) is 9.18. The molecule has 1 aromatic rings. The molecule has 28 heavy (non-hydrogen) atoms. The number of ether oxygens (including phenoxy) is 1. The first-order chi connectivity index (χ1) is 13.6. The van der Waals surface area contributed by atoms with Crippen LogP contribution in [0.15, 0.2) is 64.7 Å². The Morgan fingerprint density at radius 3 is 2.68 bits per heavy atom. The fourth-order valence-corrected chi connectivity index (χ4v) is 2.85. The number of benzene rings is 1. The minimum atomic E-state index is -0.504. The second-order valence-electron chi connectivity index (χ2n) is 5.81. The molecule has 6 nitrogen and oxygen atoms in total. The summed E-state index contributed by atoms with van der Waals surface area (Å²) in [5.41, 5.74) is 14.3. The molecule has 0 unspecified atom stereocenters. The van der Waals surface area contributed by atoms with Gasteiger partial charge in [-0.1, -0.05) is 38.2 Å². The summed E-state index contributed by atoms with van der Waals surface area (Å²) in [4.78, 5) is 15.8. The minimum Gasteiger partial charge on any atom is -0.493 e. The van der Waals surface area contributed by atoms with Crippen LogP contribution in [0.1, 0.15) is 42.6 Å². The van der Waals surface area contributed by atoms with Gasteiger partial charge < -0.3 is 16.2 Å². The number of rotatable bonds is 2. The maximum atomic E-state index is 12.2. The molecule has 1 aliphatic heterocycles. The van der Waals surface area contributed by atoms with Crippen LogP contribution >= 0.6 is 0 Å². The SMILES string of the molecule is CC.N#CC1=CCC=C(C2=CCCOc3ccc(C(=O)N=C(N)N)cc32)C=C1. The van der Waals surface area contributed by atoms with Crippen molar-refractivity contribution in [2.75, 3.05) is 6.61 Å². The maximum Gasteiger partial charge on any atom is 0.280 e. The fraction of sp³-hybridized carbons (Fsp3) is 0.227. The van der Waals surface area contributed by atoms with E-state index in [2.05, 4.69) is 17.1 Å². The first-order valence-corrected chi connectivity index (χ1v) is 9.18. The van der Waals surface area contributed by atoms with Gasteiger partial charge in [-0.3, -0.25) is 4.79 Å². The molecule has 6 heteroatoms. The lowest BCUT2D eigenvalue weighted by Gasteiger charge is -2.13. The number of guanidine groups is 1. The Balaban J connectivity index is 0.00000136. The van der Waals surface area contributed by atoms with Crippen molar-refractivity contribution in [1.29, 1.82) is 5.26 Å². The van der Waals surface area contributed by atoms with Gasteiger partial charge in [-0.05, 0) is 41.8 Å². The molecule has 0 radical (unpaired) electrons. The second-order valence-corrected chi connectivity index (χ2v) is 5.81. The lowest BCUT2D eigenvalue weighted by atomic mass is 9.94. The Kier molecular flexibility index (Phi) is 7.35. The smallest absolute Gasteiger partial charge is 0.280 e. The van der Waals surface area contributed by atoms with Gasteiger partial charge in [0.05, 0.1) is 12.7 Å². The molecule has 1 aliphatic carbocycles. The van der Waals surface area contributed by atoms with Crippen LogP contribution in [0, 0.1) is 11.3 Å². The second kappa shape index (κ2) is 9.93. The van der Waals surface area contributed by atoms with Gasteiger partial charge in [0.1, 0.15) is 5.75 Å². The summed E-state index contributed by atoms with van der Waals surface area (Å²) >= 11 is 0. The van der Waals surface area contributed by atoms with Crippen LogP contribution in [0.3, 0.4) is 0 Å². The van der Waals surface area contributed by atoms with E-state index in [0.29, 0.717) is 29.9 Å². The molecular weight excluding hydrogens is 352 g/mol. The summed E-state index contributed by atoms with van der Waals surface area (Å²) < 4.78 is 5.79. The first kappa shape index (κ1) is 20.7. The highest BCUT2D eigenvalue weighted by Gasteiger charge is 2.18. The number of nitrogens with zero attached hydrogens (tertiary/aromatic N) is 2. The minimum absolute atomic E-state index is 0.276. The van der Waals surface area contributed by atoms with E-state index in [0.717, 1.165) is 23.1 Å². The Morgan fingerprint density at radius 1 is 1.18 bits per heavy atom. The predicted molar refractivity (Wildman–Crippen MR) is 112 cm³/mol. The van der Waals surface area contributed by atoms with Crippen molar-refractivity contribution in [2.45, 2.75) is 26.7 Å². The molecule has 0 saturated heterocycles. The van der Waals surface area contributed by atoms with Gasteiger partial charge in [-0.2, -0.15) is 10.3 Å². The molecule has 3 rings (SSSR count). The zero-order valence-electron chi connectivity index (χ0n) is 16.1. The zero-order valence-corrected chi connectivity index (χ0v) is 16.1. The summed E-state index contributed by atoms with van der Waals surface area (Å²) in [5.74, 6) is -0.0845. The van der Waals surface area contributed by atoms with Crippen LogP contribution in [0.5, 0.6) is 5.75 Å².